The standard InChI is InChI=1S/C23H29NO5/c1-16(21(25)28-6)20(17-10-8-7-9-11-17)24(22(26)29-23(2,3)4)18-12-14-19(27-5)15-13-18/h7-16,20H,1-6H3/t16-,20+/m1/s1. The predicted octanol–water partition coefficient (Wildman–Crippen LogP) is 4.99. The Hall–Kier alpha value is -3.02. The molecule has 0 heterocycles. The molecule has 0 unspecified atom stereocenters. The number of carbonyl (C=O) groups is 2. The lowest BCUT2D eigenvalue weighted by molar-refractivity contribution is -0.145. The van der Waals surface area contributed by atoms with E-state index in [4.69, 9.17) is 14.2 Å². The van der Waals surface area contributed by atoms with Crippen molar-refractivity contribution < 1.29 is 23.8 Å². The van der Waals surface area contributed by atoms with Gasteiger partial charge in [0.25, 0.3) is 0 Å². The largest absolute Gasteiger partial charge is 0.497 e. The number of esters is 1. The molecule has 0 saturated heterocycles. The van der Waals surface area contributed by atoms with Gasteiger partial charge in [-0.2, -0.15) is 0 Å². The van der Waals surface area contributed by atoms with Gasteiger partial charge in [-0.1, -0.05) is 30.3 Å². The molecule has 0 saturated carbocycles. The van der Waals surface area contributed by atoms with Gasteiger partial charge in [-0.25, -0.2) is 4.79 Å². The number of hydrogen-bond donors (Lipinski definition) is 0. The molecule has 6 nitrogen and oxygen atoms in total. The fourth-order valence-corrected chi connectivity index (χ4v) is 3.06. The second-order valence-corrected chi connectivity index (χ2v) is 7.72. The highest BCUT2D eigenvalue weighted by molar-refractivity contribution is 5.90. The first-order valence-electron chi connectivity index (χ1n) is 9.47. The molecule has 0 aromatic heterocycles. The van der Waals surface area contributed by atoms with Crippen LogP contribution >= 0.6 is 0 Å². The summed E-state index contributed by atoms with van der Waals surface area (Å²) in [5.41, 5.74) is 0.689. The molecule has 2 aromatic rings. The van der Waals surface area contributed by atoms with Crippen molar-refractivity contribution in [3.63, 3.8) is 0 Å². The van der Waals surface area contributed by atoms with Crippen LogP contribution in [0.15, 0.2) is 54.6 Å². The average molecular weight is 399 g/mol. The molecular formula is C23H29NO5. The molecule has 0 radical (unpaired) electrons. The lowest BCUT2D eigenvalue weighted by Gasteiger charge is -2.36. The first kappa shape index (κ1) is 22.3. The average Bonchev–Trinajstić information content (AvgIpc) is 2.70. The maximum absolute atomic E-state index is 13.3. The van der Waals surface area contributed by atoms with Gasteiger partial charge >= 0.3 is 12.1 Å². The van der Waals surface area contributed by atoms with E-state index in [-0.39, 0.29) is 0 Å². The van der Waals surface area contributed by atoms with E-state index in [1.807, 2.05) is 30.3 Å². The summed E-state index contributed by atoms with van der Waals surface area (Å²) in [5.74, 6) is -0.381. The van der Waals surface area contributed by atoms with E-state index in [0.29, 0.717) is 11.4 Å². The molecule has 0 N–H and O–H groups in total. The number of hydrogen-bond acceptors (Lipinski definition) is 5. The summed E-state index contributed by atoms with van der Waals surface area (Å²) >= 11 is 0. The Balaban J connectivity index is 2.61. The molecule has 0 bridgehead atoms. The fourth-order valence-electron chi connectivity index (χ4n) is 3.06. The number of ether oxygens (including phenoxy) is 3. The van der Waals surface area contributed by atoms with Gasteiger partial charge < -0.3 is 14.2 Å². The predicted molar refractivity (Wildman–Crippen MR) is 112 cm³/mol. The van der Waals surface area contributed by atoms with Crippen molar-refractivity contribution in [2.24, 2.45) is 5.92 Å². The quantitative estimate of drug-likeness (QED) is 0.641. The van der Waals surface area contributed by atoms with Crippen LogP contribution in [0.1, 0.15) is 39.3 Å². The van der Waals surface area contributed by atoms with Crippen LogP contribution in [0.4, 0.5) is 10.5 Å². The van der Waals surface area contributed by atoms with Crippen molar-refractivity contribution in [1.82, 2.24) is 0 Å². The topological polar surface area (TPSA) is 65.1 Å². The first-order valence-corrected chi connectivity index (χ1v) is 9.47. The maximum atomic E-state index is 13.3. The number of benzene rings is 2. The number of anilines is 1. The molecule has 0 aliphatic rings. The lowest BCUT2D eigenvalue weighted by Crippen LogP contribution is -2.43. The van der Waals surface area contributed by atoms with Crippen molar-refractivity contribution >= 4 is 17.7 Å². The van der Waals surface area contributed by atoms with Crippen LogP contribution in [0.25, 0.3) is 0 Å². The van der Waals surface area contributed by atoms with Gasteiger partial charge in [0.2, 0.25) is 0 Å². The minimum Gasteiger partial charge on any atom is -0.497 e. The molecule has 0 aliphatic carbocycles. The van der Waals surface area contributed by atoms with Crippen LogP contribution in [0.3, 0.4) is 0 Å². The molecule has 2 rings (SSSR count). The van der Waals surface area contributed by atoms with Gasteiger partial charge in [-0.15, -0.1) is 0 Å². The zero-order chi connectivity index (χ0) is 21.6. The third kappa shape index (κ3) is 5.73. The first-order chi connectivity index (χ1) is 13.7. The maximum Gasteiger partial charge on any atom is 0.415 e. The second-order valence-electron chi connectivity index (χ2n) is 7.72. The van der Waals surface area contributed by atoms with Crippen LogP contribution < -0.4 is 9.64 Å². The molecule has 0 aliphatic heterocycles. The fraction of sp³-hybridized carbons (Fsp3) is 0.391. The van der Waals surface area contributed by atoms with Gasteiger partial charge in [-0.05, 0) is 57.5 Å². The van der Waals surface area contributed by atoms with Gasteiger partial charge in [0.05, 0.1) is 26.2 Å². The normalized spacial score (nSPS) is 13.2. The zero-order valence-electron chi connectivity index (χ0n) is 17.8. The summed E-state index contributed by atoms with van der Waals surface area (Å²) < 4.78 is 15.9. The highest BCUT2D eigenvalue weighted by atomic mass is 16.6. The molecule has 2 aromatic carbocycles. The minimum absolute atomic E-state index is 0.416. The van der Waals surface area contributed by atoms with Gasteiger partial charge in [-0.3, -0.25) is 9.69 Å². The minimum atomic E-state index is -0.697. The Morgan fingerprint density at radius 1 is 0.931 bits per heavy atom. The van der Waals surface area contributed by atoms with Crippen molar-refractivity contribution in [3.8, 4) is 5.75 Å². The Bertz CT molecular complexity index is 811. The summed E-state index contributed by atoms with van der Waals surface area (Å²) in [6.45, 7) is 7.15. The lowest BCUT2D eigenvalue weighted by atomic mass is 9.92. The Kier molecular flexibility index (Phi) is 7.26. The molecule has 156 valence electrons. The van der Waals surface area contributed by atoms with Gasteiger partial charge in [0, 0.05) is 5.69 Å². The number of nitrogens with zero attached hydrogens (tertiary/aromatic N) is 1. The van der Waals surface area contributed by atoms with E-state index in [2.05, 4.69) is 0 Å². The van der Waals surface area contributed by atoms with Crippen molar-refractivity contribution in [2.75, 3.05) is 19.1 Å². The van der Waals surface area contributed by atoms with Gasteiger partial charge in [0.15, 0.2) is 0 Å². The third-order valence-electron chi connectivity index (χ3n) is 4.41. The van der Waals surface area contributed by atoms with E-state index in [1.165, 1.54) is 12.0 Å². The number of methoxy groups -OCH3 is 2. The molecular weight excluding hydrogens is 370 g/mol. The molecule has 2 atom stereocenters. The summed E-state index contributed by atoms with van der Waals surface area (Å²) in [4.78, 5) is 27.2. The van der Waals surface area contributed by atoms with Crippen molar-refractivity contribution in [1.29, 1.82) is 0 Å². The summed E-state index contributed by atoms with van der Waals surface area (Å²) in [6, 6.07) is 15.8. The van der Waals surface area contributed by atoms with Crippen LogP contribution in [0.5, 0.6) is 5.75 Å². The SMILES string of the molecule is COC(=O)[C@H](C)[C@@H](c1ccccc1)N(C(=O)OC(C)(C)C)c1ccc(OC)cc1. The monoisotopic (exact) mass is 399 g/mol. The molecule has 0 spiro atoms. The molecule has 6 heteroatoms. The second kappa shape index (κ2) is 9.45. The van der Waals surface area contributed by atoms with E-state index in [0.717, 1.165) is 5.56 Å². The van der Waals surface area contributed by atoms with Crippen LogP contribution in [-0.4, -0.2) is 31.9 Å². The van der Waals surface area contributed by atoms with E-state index in [1.54, 1.807) is 59.1 Å². The van der Waals surface area contributed by atoms with Crippen LogP contribution in [0, 0.1) is 5.92 Å². The smallest absolute Gasteiger partial charge is 0.415 e. The van der Waals surface area contributed by atoms with Crippen LogP contribution in [0.2, 0.25) is 0 Å². The van der Waals surface area contributed by atoms with Gasteiger partial charge in [0.1, 0.15) is 11.4 Å². The number of rotatable bonds is 6. The zero-order valence-corrected chi connectivity index (χ0v) is 17.8. The summed E-state index contributed by atoms with van der Waals surface area (Å²) in [5, 5.41) is 0. The molecule has 1 amide bonds. The van der Waals surface area contributed by atoms with Crippen molar-refractivity contribution in [2.45, 2.75) is 39.3 Å². The molecule has 0 fully saturated rings. The summed E-state index contributed by atoms with van der Waals surface area (Å²) in [7, 11) is 2.92. The van der Waals surface area contributed by atoms with E-state index in [9.17, 15) is 9.59 Å². The van der Waals surface area contributed by atoms with Crippen LogP contribution in [-0.2, 0) is 14.3 Å². The molecule has 29 heavy (non-hydrogen) atoms. The highest BCUT2D eigenvalue weighted by Gasteiger charge is 2.37. The Morgan fingerprint density at radius 2 is 1.52 bits per heavy atom. The number of carbonyl (C=O) groups excluding carboxylic acids is 2. The van der Waals surface area contributed by atoms with E-state index >= 15 is 0 Å². The summed E-state index contributed by atoms with van der Waals surface area (Å²) in [6.07, 6.45) is -0.549. The van der Waals surface area contributed by atoms with Crippen molar-refractivity contribution in [3.05, 3.63) is 60.2 Å². The Morgan fingerprint density at radius 3 is 2.00 bits per heavy atom. The van der Waals surface area contributed by atoms with E-state index < -0.39 is 29.6 Å². The third-order valence-corrected chi connectivity index (χ3v) is 4.41. The highest BCUT2D eigenvalue weighted by Crippen LogP contribution is 2.36. The number of amides is 1. The Labute approximate surface area is 172 Å².